The molecular weight excluding hydrogens is 200 g/mol. The fourth-order valence-corrected chi connectivity index (χ4v) is 3.34. The Morgan fingerprint density at radius 1 is 1.25 bits per heavy atom. The number of benzene rings is 1. The maximum absolute atomic E-state index is 11.8. The van der Waals surface area contributed by atoms with E-state index in [2.05, 4.69) is 38.1 Å². The summed E-state index contributed by atoms with van der Waals surface area (Å²) in [4.78, 5) is 11.8. The Hall–Kier alpha value is -1.31. The molecule has 1 aromatic carbocycles. The third-order valence-electron chi connectivity index (χ3n) is 3.97. The molecule has 1 fully saturated rings. The number of fused-ring (bicyclic) bond motifs is 3. The summed E-state index contributed by atoms with van der Waals surface area (Å²) >= 11 is 0. The van der Waals surface area contributed by atoms with E-state index < -0.39 is 0 Å². The zero-order chi connectivity index (χ0) is 11.3. The highest BCUT2D eigenvalue weighted by Gasteiger charge is 2.50. The van der Waals surface area contributed by atoms with Crippen LogP contribution in [0, 0.1) is 11.8 Å². The quantitative estimate of drug-likeness (QED) is 0.675. The molecule has 2 nitrogen and oxygen atoms in total. The van der Waals surface area contributed by atoms with Crippen LogP contribution < -0.4 is 0 Å². The lowest BCUT2D eigenvalue weighted by Crippen LogP contribution is -2.20. The lowest BCUT2D eigenvalue weighted by molar-refractivity contribution is -0.142. The second-order valence-corrected chi connectivity index (χ2v) is 5.16. The first-order chi connectivity index (χ1) is 7.70. The van der Waals surface area contributed by atoms with Gasteiger partial charge in [0.2, 0.25) is 0 Å². The van der Waals surface area contributed by atoms with Crippen molar-refractivity contribution in [1.82, 2.24) is 0 Å². The predicted octanol–water partition coefficient (Wildman–Crippen LogP) is 2.70. The van der Waals surface area contributed by atoms with Crippen molar-refractivity contribution < 1.29 is 9.53 Å². The van der Waals surface area contributed by atoms with E-state index in [1.165, 1.54) is 11.1 Å². The maximum Gasteiger partial charge on any atom is 0.310 e. The minimum Gasteiger partial charge on any atom is -0.465 e. The van der Waals surface area contributed by atoms with E-state index in [1.807, 2.05) is 0 Å². The standard InChI is InChI=1S/C14H16O2/c1-8(2)12-10-6-4-3-5-9(10)11-7-16-14(15)13(11)12/h3-6,8,11-13H,7H2,1-2H3/t11-,12-,13-/m0/s1. The molecule has 1 heterocycles. The number of hydrogen-bond acceptors (Lipinski definition) is 2. The first-order valence-electron chi connectivity index (χ1n) is 5.95. The Kier molecular flexibility index (Phi) is 2.06. The second kappa shape index (κ2) is 3.34. The van der Waals surface area contributed by atoms with Crippen molar-refractivity contribution in [1.29, 1.82) is 0 Å². The summed E-state index contributed by atoms with van der Waals surface area (Å²) in [5.74, 6) is 1.20. The first kappa shape index (κ1) is 9.88. The average molecular weight is 216 g/mol. The summed E-state index contributed by atoms with van der Waals surface area (Å²) in [6, 6.07) is 8.45. The molecule has 3 atom stereocenters. The van der Waals surface area contributed by atoms with Gasteiger partial charge in [-0.2, -0.15) is 0 Å². The van der Waals surface area contributed by atoms with Gasteiger partial charge in [0.25, 0.3) is 0 Å². The van der Waals surface area contributed by atoms with Gasteiger partial charge in [-0.25, -0.2) is 0 Å². The van der Waals surface area contributed by atoms with E-state index in [0.29, 0.717) is 24.4 Å². The molecule has 3 rings (SSSR count). The minimum atomic E-state index is -0.0000926. The van der Waals surface area contributed by atoms with E-state index in [0.717, 1.165) is 0 Å². The monoisotopic (exact) mass is 216 g/mol. The normalized spacial score (nSPS) is 31.4. The zero-order valence-corrected chi connectivity index (χ0v) is 9.64. The molecule has 0 N–H and O–H groups in total. The predicted molar refractivity (Wildman–Crippen MR) is 61.2 cm³/mol. The van der Waals surface area contributed by atoms with E-state index in [9.17, 15) is 4.79 Å². The highest BCUT2D eigenvalue weighted by Crippen LogP contribution is 2.52. The number of hydrogen-bond donors (Lipinski definition) is 0. The Morgan fingerprint density at radius 2 is 1.94 bits per heavy atom. The van der Waals surface area contributed by atoms with Gasteiger partial charge < -0.3 is 4.74 Å². The number of esters is 1. The zero-order valence-electron chi connectivity index (χ0n) is 9.64. The molecule has 84 valence electrons. The van der Waals surface area contributed by atoms with Crippen molar-refractivity contribution in [3.8, 4) is 0 Å². The molecule has 1 aromatic rings. The SMILES string of the molecule is CC(C)[C@H]1c2ccccc2[C@@H]2COC(=O)[C@H]12. The van der Waals surface area contributed by atoms with Gasteiger partial charge in [0.1, 0.15) is 0 Å². The molecule has 0 radical (unpaired) electrons. The van der Waals surface area contributed by atoms with Crippen molar-refractivity contribution in [2.45, 2.75) is 25.7 Å². The van der Waals surface area contributed by atoms with Crippen LogP contribution in [0.1, 0.15) is 36.8 Å². The van der Waals surface area contributed by atoms with Gasteiger partial charge in [-0.15, -0.1) is 0 Å². The van der Waals surface area contributed by atoms with Crippen LogP contribution in [0.2, 0.25) is 0 Å². The molecule has 0 spiro atoms. The van der Waals surface area contributed by atoms with Crippen molar-refractivity contribution in [3.63, 3.8) is 0 Å². The topological polar surface area (TPSA) is 26.3 Å². The summed E-state index contributed by atoms with van der Waals surface area (Å²) in [6.07, 6.45) is 0. The Labute approximate surface area is 95.6 Å². The number of rotatable bonds is 1. The lowest BCUT2D eigenvalue weighted by atomic mass is 9.81. The number of carbonyl (C=O) groups is 1. The van der Waals surface area contributed by atoms with Crippen LogP contribution in [0.5, 0.6) is 0 Å². The highest BCUT2D eigenvalue weighted by atomic mass is 16.5. The molecule has 1 saturated heterocycles. The minimum absolute atomic E-state index is 0.0000926. The van der Waals surface area contributed by atoms with Gasteiger partial charge in [-0.3, -0.25) is 4.79 Å². The maximum atomic E-state index is 11.8. The molecular formula is C14H16O2. The van der Waals surface area contributed by atoms with Gasteiger partial charge in [0.15, 0.2) is 0 Å². The summed E-state index contributed by atoms with van der Waals surface area (Å²) < 4.78 is 5.22. The summed E-state index contributed by atoms with van der Waals surface area (Å²) in [7, 11) is 0. The van der Waals surface area contributed by atoms with Gasteiger partial charge in [0, 0.05) is 11.8 Å². The van der Waals surface area contributed by atoms with Crippen LogP contribution in [0.25, 0.3) is 0 Å². The molecule has 0 bridgehead atoms. The van der Waals surface area contributed by atoms with E-state index >= 15 is 0 Å². The van der Waals surface area contributed by atoms with Gasteiger partial charge >= 0.3 is 5.97 Å². The van der Waals surface area contributed by atoms with Crippen molar-refractivity contribution in [2.75, 3.05) is 6.61 Å². The lowest BCUT2D eigenvalue weighted by Gasteiger charge is -2.20. The van der Waals surface area contributed by atoms with Crippen LogP contribution in [-0.4, -0.2) is 12.6 Å². The molecule has 2 aliphatic rings. The number of cyclic esters (lactones) is 1. The first-order valence-corrected chi connectivity index (χ1v) is 5.95. The second-order valence-electron chi connectivity index (χ2n) is 5.16. The van der Waals surface area contributed by atoms with Gasteiger partial charge in [-0.05, 0) is 17.0 Å². The Balaban J connectivity index is 2.13. The largest absolute Gasteiger partial charge is 0.465 e. The van der Waals surface area contributed by atoms with E-state index in [4.69, 9.17) is 4.74 Å². The molecule has 16 heavy (non-hydrogen) atoms. The Bertz CT molecular complexity index is 436. The molecule has 1 aliphatic carbocycles. The number of ether oxygens (including phenoxy) is 1. The molecule has 2 heteroatoms. The highest BCUT2D eigenvalue weighted by molar-refractivity contribution is 5.79. The van der Waals surface area contributed by atoms with Crippen LogP contribution in [-0.2, 0) is 9.53 Å². The van der Waals surface area contributed by atoms with Crippen molar-refractivity contribution in [3.05, 3.63) is 35.4 Å². The van der Waals surface area contributed by atoms with Crippen LogP contribution >= 0.6 is 0 Å². The number of carbonyl (C=O) groups excluding carboxylic acids is 1. The van der Waals surface area contributed by atoms with Gasteiger partial charge in [-0.1, -0.05) is 38.1 Å². The third kappa shape index (κ3) is 1.16. The summed E-state index contributed by atoms with van der Waals surface area (Å²) in [5.41, 5.74) is 2.70. The third-order valence-corrected chi connectivity index (χ3v) is 3.97. The van der Waals surface area contributed by atoms with Crippen molar-refractivity contribution >= 4 is 5.97 Å². The van der Waals surface area contributed by atoms with Gasteiger partial charge in [0.05, 0.1) is 12.5 Å². The summed E-state index contributed by atoms with van der Waals surface area (Å²) in [5, 5.41) is 0. The molecule has 0 aromatic heterocycles. The smallest absolute Gasteiger partial charge is 0.310 e. The molecule has 0 unspecified atom stereocenters. The van der Waals surface area contributed by atoms with Crippen LogP contribution in [0.3, 0.4) is 0 Å². The molecule has 0 saturated carbocycles. The Morgan fingerprint density at radius 3 is 2.62 bits per heavy atom. The van der Waals surface area contributed by atoms with Crippen molar-refractivity contribution in [2.24, 2.45) is 11.8 Å². The molecule has 1 aliphatic heterocycles. The fraction of sp³-hybridized carbons (Fsp3) is 0.500. The van der Waals surface area contributed by atoms with Crippen LogP contribution in [0.15, 0.2) is 24.3 Å². The van der Waals surface area contributed by atoms with Crippen LogP contribution in [0.4, 0.5) is 0 Å². The van der Waals surface area contributed by atoms with E-state index in [-0.39, 0.29) is 11.9 Å². The van der Waals surface area contributed by atoms with E-state index in [1.54, 1.807) is 0 Å². The fourth-order valence-electron chi connectivity index (χ4n) is 3.34. The molecule has 0 amide bonds. The average Bonchev–Trinajstić information content (AvgIpc) is 2.77. The summed E-state index contributed by atoms with van der Waals surface area (Å²) in [6.45, 7) is 4.95.